The van der Waals surface area contributed by atoms with Crippen molar-refractivity contribution in [3.8, 4) is 51.8 Å². The summed E-state index contributed by atoms with van der Waals surface area (Å²) in [6.07, 6.45) is 42.4. The van der Waals surface area contributed by atoms with Gasteiger partial charge in [-0.05, 0) is 36.1 Å². The van der Waals surface area contributed by atoms with Crippen LogP contribution < -0.4 is 14.2 Å². The highest BCUT2D eigenvalue weighted by atomic mass is 16.5. The van der Waals surface area contributed by atoms with Gasteiger partial charge < -0.3 is 19.3 Å². The van der Waals surface area contributed by atoms with Gasteiger partial charge in [0.2, 0.25) is 0 Å². The van der Waals surface area contributed by atoms with E-state index in [0.717, 1.165) is 36.8 Å². The number of rotatable bonds is 40. The van der Waals surface area contributed by atoms with Crippen molar-refractivity contribution < 1.29 is 19.3 Å². The van der Waals surface area contributed by atoms with Crippen molar-refractivity contribution in [2.24, 2.45) is 0 Å². The minimum atomic E-state index is 0.0997. The van der Waals surface area contributed by atoms with E-state index in [9.17, 15) is 5.11 Å². The van der Waals surface area contributed by atoms with E-state index in [1.165, 1.54) is 180 Å². The summed E-state index contributed by atoms with van der Waals surface area (Å²) in [4.78, 5) is 13.7. The Morgan fingerprint density at radius 3 is 0.953 bits per heavy atom. The summed E-state index contributed by atoms with van der Waals surface area (Å²) in [6.45, 7) is 5.62. The average Bonchev–Trinajstić information content (AvgIpc) is 3.32. The molecule has 354 valence electrons. The quantitative estimate of drug-likeness (QED) is 0.0445. The van der Waals surface area contributed by atoms with Crippen LogP contribution in [0.3, 0.4) is 0 Å². The van der Waals surface area contributed by atoms with Gasteiger partial charge in [-0.25, -0.2) is 0 Å². The van der Waals surface area contributed by atoms with E-state index >= 15 is 0 Å². The first-order chi connectivity index (χ1) is 31.7. The van der Waals surface area contributed by atoms with Gasteiger partial charge in [0.15, 0.2) is 0 Å². The van der Waals surface area contributed by atoms with Crippen LogP contribution in [0.2, 0.25) is 0 Å². The topological polar surface area (TPSA) is 86.6 Å². The van der Waals surface area contributed by atoms with Crippen molar-refractivity contribution in [1.29, 1.82) is 0 Å². The first-order valence-corrected chi connectivity index (χ1v) is 26.3. The molecule has 3 aromatic carbocycles. The fourth-order valence-electron chi connectivity index (χ4n) is 8.57. The fourth-order valence-corrected chi connectivity index (χ4v) is 8.57. The van der Waals surface area contributed by atoms with Crippen molar-refractivity contribution in [3.05, 3.63) is 72.8 Å². The lowest BCUT2D eigenvalue weighted by molar-refractivity contribution is 0.244. The third-order valence-electron chi connectivity index (χ3n) is 12.5. The van der Waals surface area contributed by atoms with Gasteiger partial charge in [-0.1, -0.05) is 267 Å². The van der Waals surface area contributed by atoms with Crippen molar-refractivity contribution >= 4 is 0 Å². The predicted octanol–water partition coefficient (Wildman–Crippen LogP) is 18.0. The fraction of sp³-hybridized carbons (Fsp3) is 0.632. The molecule has 4 aromatic rings. The summed E-state index contributed by atoms with van der Waals surface area (Å²) in [5, 5.41) is 11.5. The molecule has 0 aliphatic heterocycles. The van der Waals surface area contributed by atoms with E-state index in [0.29, 0.717) is 30.1 Å². The van der Waals surface area contributed by atoms with E-state index in [1.54, 1.807) is 0 Å². The molecule has 0 spiro atoms. The Labute approximate surface area is 390 Å². The molecule has 64 heavy (non-hydrogen) atoms. The molecule has 0 aliphatic carbocycles. The highest BCUT2D eigenvalue weighted by molar-refractivity contribution is 5.83. The zero-order valence-corrected chi connectivity index (χ0v) is 40.5. The van der Waals surface area contributed by atoms with Gasteiger partial charge >= 0.3 is 18.0 Å². The molecule has 0 atom stereocenters. The zero-order valence-electron chi connectivity index (χ0n) is 40.5. The summed E-state index contributed by atoms with van der Waals surface area (Å²) < 4.78 is 18.6. The number of unbranched alkanes of at least 4 members (excludes halogenated alkanes) is 30. The number of phenols is 1. The number of nitrogens with zero attached hydrogens (tertiary/aromatic N) is 3. The molecule has 0 amide bonds. The number of phenolic OH excluding ortho intramolecular Hbond substituents is 1. The second-order valence-corrected chi connectivity index (χ2v) is 18.2. The van der Waals surface area contributed by atoms with E-state index in [4.69, 9.17) is 14.2 Å². The van der Waals surface area contributed by atoms with Crippen LogP contribution in [0.5, 0.6) is 29.5 Å². The lowest BCUT2D eigenvalue weighted by Gasteiger charge is -2.14. The minimum Gasteiger partial charge on any atom is -0.507 e. The van der Waals surface area contributed by atoms with Gasteiger partial charge in [-0.3, -0.25) is 0 Å². The molecular formula is C57H87N3O4. The second-order valence-electron chi connectivity index (χ2n) is 18.2. The maximum Gasteiger partial charge on any atom is 0.331 e. The molecule has 0 aliphatic rings. The van der Waals surface area contributed by atoms with Crippen LogP contribution >= 0.6 is 0 Å². The van der Waals surface area contributed by atoms with Crippen LogP contribution in [0, 0.1) is 0 Å². The Morgan fingerprint density at radius 1 is 0.359 bits per heavy atom. The first-order valence-electron chi connectivity index (χ1n) is 26.3. The molecule has 0 radical (unpaired) electrons. The van der Waals surface area contributed by atoms with Crippen LogP contribution in [-0.2, 0) is 0 Å². The maximum absolute atomic E-state index is 11.5. The van der Waals surface area contributed by atoms with E-state index in [1.807, 2.05) is 72.8 Å². The maximum atomic E-state index is 11.5. The number of ether oxygens (including phenoxy) is 3. The van der Waals surface area contributed by atoms with Crippen molar-refractivity contribution in [2.75, 3.05) is 13.2 Å². The predicted molar refractivity (Wildman–Crippen MR) is 269 cm³/mol. The van der Waals surface area contributed by atoms with E-state index < -0.39 is 0 Å². The average molecular weight is 878 g/mol. The number of hydrogen-bond donors (Lipinski definition) is 1. The molecule has 0 bridgehead atoms. The highest BCUT2D eigenvalue weighted by Gasteiger charge is 2.17. The van der Waals surface area contributed by atoms with Gasteiger partial charge in [-0.2, -0.15) is 0 Å². The van der Waals surface area contributed by atoms with Crippen LogP contribution in [0.15, 0.2) is 72.8 Å². The van der Waals surface area contributed by atoms with Gasteiger partial charge in [0.25, 0.3) is 0 Å². The number of aromatic nitrogens is 3. The molecule has 0 saturated carbocycles. The molecule has 4 rings (SSSR count). The molecule has 7 heteroatoms. The van der Waals surface area contributed by atoms with Gasteiger partial charge in [0.1, 0.15) is 11.5 Å². The molecule has 1 aromatic heterocycles. The largest absolute Gasteiger partial charge is 0.507 e. The summed E-state index contributed by atoms with van der Waals surface area (Å²) >= 11 is 0. The van der Waals surface area contributed by atoms with Gasteiger partial charge in [0, 0.05) is 11.1 Å². The molecule has 1 heterocycles. The molecule has 1 N–H and O–H groups in total. The van der Waals surface area contributed by atoms with Crippen molar-refractivity contribution in [3.63, 3.8) is 0 Å². The number of benzene rings is 3. The smallest absolute Gasteiger partial charge is 0.331 e. The number of hydrogen-bond acceptors (Lipinski definition) is 7. The monoisotopic (exact) mass is 878 g/mol. The van der Waals surface area contributed by atoms with Crippen LogP contribution in [0.25, 0.3) is 22.3 Å². The second kappa shape index (κ2) is 35.2. The third-order valence-corrected chi connectivity index (χ3v) is 12.5. The Hall–Kier alpha value is -4.13. The zero-order chi connectivity index (χ0) is 45.0. The van der Waals surface area contributed by atoms with Crippen LogP contribution in [-0.4, -0.2) is 33.3 Å². The molecule has 7 nitrogen and oxygen atoms in total. The molecule has 0 saturated heterocycles. The Bertz CT molecular complexity index is 1600. The Balaban J connectivity index is 1.23. The SMILES string of the molecule is CCCCCCCCCCCCCCCCCCOc1nc(OCCCCCCCCCCCCCCCCCC)nc(Oc2cc(-c3ccccc3)c(O)c(-c3ccccc3)c2)n1. The van der Waals surface area contributed by atoms with Gasteiger partial charge in [-0.15, -0.1) is 15.0 Å². The number of aromatic hydroxyl groups is 1. The van der Waals surface area contributed by atoms with E-state index in [-0.39, 0.29) is 23.8 Å². The van der Waals surface area contributed by atoms with Crippen LogP contribution in [0.4, 0.5) is 0 Å². The van der Waals surface area contributed by atoms with Crippen molar-refractivity contribution in [2.45, 2.75) is 219 Å². The standard InChI is InChI=1S/C57H87N3O4/c1-3-5-7-9-11-13-15-17-19-21-23-25-27-29-31-39-45-62-55-58-56(63-46-40-32-30-28-26-24-22-20-18-16-14-12-10-8-6-4-2)60-57(59-55)64-51-47-52(49-41-35-33-36-42-49)54(61)53(48-51)50-43-37-34-38-44-50/h33-38,41-44,47-48,61H,3-32,39-40,45-46H2,1-2H3. The van der Waals surface area contributed by atoms with E-state index in [2.05, 4.69) is 28.8 Å². The lowest BCUT2D eigenvalue weighted by atomic mass is 9.97. The minimum absolute atomic E-state index is 0.0997. The molecule has 0 unspecified atom stereocenters. The Morgan fingerprint density at radius 2 is 0.641 bits per heavy atom. The Kier molecular flexibility index (Phi) is 28.8. The molecule has 0 fully saturated rings. The molecular weight excluding hydrogens is 791 g/mol. The highest BCUT2D eigenvalue weighted by Crippen LogP contribution is 2.42. The van der Waals surface area contributed by atoms with Crippen molar-refractivity contribution in [1.82, 2.24) is 15.0 Å². The summed E-state index contributed by atoms with van der Waals surface area (Å²) in [6, 6.07) is 23.9. The summed E-state index contributed by atoms with van der Waals surface area (Å²) in [5.41, 5.74) is 3.07. The first kappa shape index (κ1) is 52.5. The normalized spacial score (nSPS) is 11.3. The summed E-state index contributed by atoms with van der Waals surface area (Å²) in [5.74, 6) is 0.681. The van der Waals surface area contributed by atoms with Gasteiger partial charge in [0.05, 0.1) is 13.2 Å². The third kappa shape index (κ3) is 23.2. The lowest BCUT2D eigenvalue weighted by Crippen LogP contribution is -2.07. The summed E-state index contributed by atoms with van der Waals surface area (Å²) in [7, 11) is 0. The van der Waals surface area contributed by atoms with Crippen LogP contribution in [0.1, 0.15) is 219 Å².